The lowest BCUT2D eigenvalue weighted by Gasteiger charge is -2.23. The van der Waals surface area contributed by atoms with Crippen molar-refractivity contribution in [3.63, 3.8) is 0 Å². The molecule has 2 aromatic heterocycles. The summed E-state index contributed by atoms with van der Waals surface area (Å²) in [5.41, 5.74) is 1.11. The van der Waals surface area contributed by atoms with E-state index in [0.29, 0.717) is 22.7 Å². The van der Waals surface area contributed by atoms with E-state index in [1.807, 2.05) is 11.4 Å². The summed E-state index contributed by atoms with van der Waals surface area (Å²) in [5.74, 6) is -0.778. The summed E-state index contributed by atoms with van der Waals surface area (Å²) in [4.78, 5) is 19.7. The minimum absolute atomic E-state index is 0.0577. The molecule has 10 heteroatoms. The minimum Gasteiger partial charge on any atom is -0.383 e. The van der Waals surface area contributed by atoms with Gasteiger partial charge in [0.1, 0.15) is 5.82 Å². The molecule has 1 aliphatic rings. The molecule has 32 heavy (non-hydrogen) atoms. The Hall–Kier alpha value is -2.56. The first-order valence-electron chi connectivity index (χ1n) is 10.2. The molecule has 7 nitrogen and oxygen atoms in total. The minimum atomic E-state index is -3.80. The van der Waals surface area contributed by atoms with Gasteiger partial charge in [-0.3, -0.25) is 4.79 Å². The Balaban J connectivity index is 1.62. The molecule has 0 radical (unpaired) electrons. The first kappa shape index (κ1) is 22.6. The molecule has 0 atom stereocenters. The number of carbonyl (C=O) groups is 1. The van der Waals surface area contributed by atoms with Crippen LogP contribution < -0.4 is 0 Å². The van der Waals surface area contributed by atoms with Crippen LogP contribution in [0.15, 0.2) is 53.1 Å². The molecule has 170 valence electrons. The zero-order valence-electron chi connectivity index (χ0n) is 17.6. The number of hydrogen-bond donors (Lipinski definition) is 0. The number of aromatic nitrogens is 2. The van der Waals surface area contributed by atoms with Gasteiger partial charge in [0.2, 0.25) is 15.0 Å². The van der Waals surface area contributed by atoms with Gasteiger partial charge >= 0.3 is 0 Å². The van der Waals surface area contributed by atoms with E-state index in [0.717, 1.165) is 12.8 Å². The second kappa shape index (κ2) is 9.51. The topological polar surface area (TPSA) is 81.5 Å². The molecule has 0 N–H and O–H groups in total. The van der Waals surface area contributed by atoms with Gasteiger partial charge in [-0.25, -0.2) is 17.8 Å². The van der Waals surface area contributed by atoms with Crippen molar-refractivity contribution < 1.29 is 22.3 Å². The molecule has 1 aliphatic carbocycles. The fourth-order valence-corrected chi connectivity index (χ4v) is 5.72. The highest BCUT2D eigenvalue weighted by Crippen LogP contribution is 2.31. The maximum Gasteiger partial charge on any atom is 0.264 e. The van der Waals surface area contributed by atoms with Crippen LogP contribution in [0.25, 0.3) is 0 Å². The van der Waals surface area contributed by atoms with Crippen molar-refractivity contribution in [1.82, 2.24) is 14.5 Å². The van der Waals surface area contributed by atoms with Gasteiger partial charge < -0.3 is 14.2 Å². The van der Waals surface area contributed by atoms with Crippen molar-refractivity contribution in [1.29, 1.82) is 0 Å². The maximum absolute atomic E-state index is 13.2. The van der Waals surface area contributed by atoms with Crippen LogP contribution in [0.2, 0.25) is 0 Å². The van der Waals surface area contributed by atoms with Gasteiger partial charge in [0.05, 0.1) is 35.7 Å². The van der Waals surface area contributed by atoms with E-state index in [2.05, 4.69) is 4.98 Å². The van der Waals surface area contributed by atoms with Crippen LogP contribution in [0, 0.1) is 5.82 Å². The molecule has 4 rings (SSSR count). The summed E-state index contributed by atoms with van der Waals surface area (Å²) in [7, 11) is -2.26. The highest BCUT2D eigenvalue weighted by molar-refractivity contribution is 7.90. The van der Waals surface area contributed by atoms with E-state index >= 15 is 0 Å². The predicted octanol–water partition coefficient (Wildman–Crippen LogP) is 3.51. The Morgan fingerprint density at radius 2 is 2.03 bits per heavy atom. The molecule has 0 bridgehead atoms. The molecule has 0 saturated heterocycles. The number of imidazole rings is 1. The Labute approximate surface area is 190 Å². The molecule has 1 fully saturated rings. The number of ether oxygens (including phenoxy) is 1. The summed E-state index contributed by atoms with van der Waals surface area (Å²) >= 11 is 1.39. The average molecular weight is 478 g/mol. The Kier molecular flexibility index (Phi) is 6.73. The number of halogens is 1. The van der Waals surface area contributed by atoms with Crippen LogP contribution in [0.1, 0.15) is 33.8 Å². The van der Waals surface area contributed by atoms with E-state index in [1.165, 1.54) is 41.8 Å². The quantitative estimate of drug-likeness (QED) is 0.446. The third-order valence-corrected chi connectivity index (χ3v) is 7.73. The molecule has 1 saturated carbocycles. The molecular formula is C22H24FN3O4S2. The Bertz CT molecular complexity index is 1170. The first-order valence-corrected chi connectivity index (χ1v) is 12.8. The van der Waals surface area contributed by atoms with E-state index in [9.17, 15) is 17.6 Å². The summed E-state index contributed by atoms with van der Waals surface area (Å²) in [6.07, 6.45) is 3.38. The molecule has 1 amide bonds. The van der Waals surface area contributed by atoms with Crippen molar-refractivity contribution in [2.75, 3.05) is 13.7 Å². The lowest BCUT2D eigenvalue weighted by molar-refractivity contribution is 0.0729. The zero-order chi connectivity index (χ0) is 22.7. The van der Waals surface area contributed by atoms with Crippen molar-refractivity contribution in [2.24, 2.45) is 0 Å². The van der Waals surface area contributed by atoms with Gasteiger partial charge in [-0.2, -0.15) is 0 Å². The second-order valence-electron chi connectivity index (χ2n) is 7.70. The Morgan fingerprint density at radius 3 is 2.66 bits per heavy atom. The molecule has 0 spiro atoms. The number of benzene rings is 1. The van der Waals surface area contributed by atoms with Crippen LogP contribution in [0.3, 0.4) is 0 Å². The van der Waals surface area contributed by atoms with Gasteiger partial charge in [0.15, 0.2) is 0 Å². The lowest BCUT2D eigenvalue weighted by Crippen LogP contribution is -2.33. The number of thiophene rings is 1. The average Bonchev–Trinajstić information content (AvgIpc) is 3.29. The summed E-state index contributed by atoms with van der Waals surface area (Å²) in [6, 6.07) is 9.15. The SMILES string of the molecule is COCCn1c(CN(C(=O)c2cccs2)C2CC2)cnc1S(=O)(=O)Cc1ccc(F)cc1. The van der Waals surface area contributed by atoms with Crippen molar-refractivity contribution in [2.45, 2.75) is 42.9 Å². The van der Waals surface area contributed by atoms with Crippen LogP contribution >= 0.6 is 11.3 Å². The fourth-order valence-electron chi connectivity index (χ4n) is 3.52. The summed E-state index contributed by atoms with van der Waals surface area (Å²) in [5, 5.41) is 1.79. The van der Waals surface area contributed by atoms with Crippen LogP contribution in [-0.4, -0.2) is 48.5 Å². The van der Waals surface area contributed by atoms with Crippen LogP contribution in [-0.2, 0) is 33.4 Å². The third-order valence-electron chi connectivity index (χ3n) is 5.28. The molecule has 0 unspecified atom stereocenters. The molecule has 1 aromatic carbocycles. The van der Waals surface area contributed by atoms with Crippen molar-refractivity contribution in [3.05, 3.63) is 69.9 Å². The molecule has 0 aliphatic heterocycles. The van der Waals surface area contributed by atoms with E-state index in [1.54, 1.807) is 22.6 Å². The number of carbonyl (C=O) groups excluding carboxylic acids is 1. The number of amides is 1. The monoisotopic (exact) mass is 477 g/mol. The summed E-state index contributed by atoms with van der Waals surface area (Å²) in [6.45, 7) is 0.852. The summed E-state index contributed by atoms with van der Waals surface area (Å²) < 4.78 is 46.3. The number of rotatable bonds is 10. The van der Waals surface area contributed by atoms with E-state index in [4.69, 9.17) is 4.74 Å². The van der Waals surface area contributed by atoms with Gasteiger partial charge in [0.25, 0.3) is 5.91 Å². The molecule has 2 heterocycles. The van der Waals surface area contributed by atoms with Crippen molar-refractivity contribution >= 4 is 27.1 Å². The molecular weight excluding hydrogens is 453 g/mol. The molecule has 3 aromatic rings. The van der Waals surface area contributed by atoms with E-state index < -0.39 is 15.7 Å². The smallest absolute Gasteiger partial charge is 0.264 e. The van der Waals surface area contributed by atoms with Crippen molar-refractivity contribution in [3.8, 4) is 0 Å². The highest BCUT2D eigenvalue weighted by Gasteiger charge is 2.35. The third kappa shape index (κ3) is 5.08. The number of hydrogen-bond acceptors (Lipinski definition) is 6. The second-order valence-corrected chi connectivity index (χ2v) is 10.5. The van der Waals surface area contributed by atoms with Gasteiger partial charge in [-0.15, -0.1) is 11.3 Å². The predicted molar refractivity (Wildman–Crippen MR) is 119 cm³/mol. The highest BCUT2D eigenvalue weighted by atomic mass is 32.2. The lowest BCUT2D eigenvalue weighted by atomic mass is 10.2. The number of nitrogens with zero attached hydrogens (tertiary/aromatic N) is 3. The van der Waals surface area contributed by atoms with Gasteiger partial charge in [-0.05, 0) is 42.0 Å². The van der Waals surface area contributed by atoms with E-state index in [-0.39, 0.29) is 35.9 Å². The standard InChI is InChI=1S/C22H24FN3O4S2/c1-30-11-10-25-19(14-26(18-8-9-18)21(27)20-3-2-12-31-20)13-24-22(25)32(28,29)15-16-4-6-17(23)7-5-16/h2-7,12-13,18H,8-11,14-15H2,1H3. The first-order chi connectivity index (χ1) is 15.4. The largest absolute Gasteiger partial charge is 0.383 e. The fraction of sp³-hybridized carbons (Fsp3) is 0.364. The van der Waals surface area contributed by atoms with Gasteiger partial charge in [-0.1, -0.05) is 18.2 Å². The Morgan fingerprint density at radius 1 is 1.28 bits per heavy atom. The maximum atomic E-state index is 13.2. The normalized spacial score (nSPS) is 13.9. The number of methoxy groups -OCH3 is 1. The number of sulfone groups is 1. The van der Waals surface area contributed by atoms with Crippen LogP contribution in [0.5, 0.6) is 0 Å². The van der Waals surface area contributed by atoms with Crippen LogP contribution in [0.4, 0.5) is 4.39 Å². The van der Waals surface area contributed by atoms with Gasteiger partial charge in [0, 0.05) is 19.7 Å². The zero-order valence-corrected chi connectivity index (χ0v) is 19.2.